The molecular weight excluding hydrogens is 262 g/mol. The number of rotatable bonds is 2. The summed E-state index contributed by atoms with van der Waals surface area (Å²) < 4.78 is 1.94. The zero-order valence-corrected chi connectivity index (χ0v) is 11.9. The van der Waals surface area contributed by atoms with Crippen LogP contribution < -0.4 is 16.6 Å². The molecule has 1 aromatic carbocycles. The Morgan fingerprint density at radius 3 is 2.86 bits per heavy atom. The number of nitrogens with zero attached hydrogens (tertiary/aromatic N) is 2. The molecule has 1 saturated heterocycles. The van der Waals surface area contributed by atoms with E-state index < -0.39 is 0 Å². The second-order valence-corrected chi connectivity index (χ2v) is 6.16. The molecule has 0 bridgehead atoms. The molecule has 4 N–H and O–H groups in total. The lowest BCUT2D eigenvalue weighted by Gasteiger charge is -2.30. The Labute approximate surface area is 124 Å². The minimum Gasteiger partial charge on any atom is -0.328 e. The number of aromatic nitrogens is 2. The van der Waals surface area contributed by atoms with Crippen molar-refractivity contribution in [3.05, 3.63) is 48.3 Å². The SMILES string of the molecule is NC1CCC2NNC(c3cnn(-c4ccccc4)c3)C2C1. The van der Waals surface area contributed by atoms with Gasteiger partial charge in [0, 0.05) is 23.8 Å². The van der Waals surface area contributed by atoms with Crippen molar-refractivity contribution in [1.29, 1.82) is 0 Å². The van der Waals surface area contributed by atoms with Crippen molar-refractivity contribution in [1.82, 2.24) is 20.6 Å². The van der Waals surface area contributed by atoms with E-state index in [1.807, 2.05) is 29.1 Å². The summed E-state index contributed by atoms with van der Waals surface area (Å²) in [5.41, 5.74) is 15.3. The first kappa shape index (κ1) is 13.0. The van der Waals surface area contributed by atoms with Crippen LogP contribution in [-0.2, 0) is 0 Å². The molecule has 110 valence electrons. The zero-order valence-electron chi connectivity index (χ0n) is 11.9. The molecule has 1 aliphatic heterocycles. The van der Waals surface area contributed by atoms with Gasteiger partial charge >= 0.3 is 0 Å². The summed E-state index contributed by atoms with van der Waals surface area (Å²) in [6, 6.07) is 11.4. The van der Waals surface area contributed by atoms with Gasteiger partial charge in [-0.1, -0.05) is 18.2 Å². The standard InChI is InChI=1S/C16H21N5/c17-12-6-7-15-14(8-12)16(20-19-15)11-9-18-21(10-11)13-4-2-1-3-5-13/h1-5,9-10,12,14-16,19-20H,6-8,17H2. The Bertz CT molecular complexity index is 608. The third kappa shape index (κ3) is 2.37. The molecule has 4 rings (SSSR count). The van der Waals surface area contributed by atoms with E-state index in [-0.39, 0.29) is 0 Å². The highest BCUT2D eigenvalue weighted by atomic mass is 15.4. The van der Waals surface area contributed by atoms with Gasteiger partial charge in [-0.2, -0.15) is 5.10 Å². The van der Waals surface area contributed by atoms with Gasteiger partial charge in [0.25, 0.3) is 0 Å². The number of nitrogens with two attached hydrogens (primary N) is 1. The number of nitrogens with one attached hydrogen (secondary N) is 2. The van der Waals surface area contributed by atoms with Gasteiger partial charge in [-0.3, -0.25) is 5.43 Å². The van der Waals surface area contributed by atoms with Gasteiger partial charge in [0.1, 0.15) is 0 Å². The fraction of sp³-hybridized carbons (Fsp3) is 0.438. The highest BCUT2D eigenvalue weighted by Gasteiger charge is 2.40. The number of fused-ring (bicyclic) bond motifs is 1. The average Bonchev–Trinajstić information content (AvgIpc) is 3.14. The van der Waals surface area contributed by atoms with Gasteiger partial charge in [0.15, 0.2) is 0 Å². The molecule has 2 aliphatic rings. The molecule has 0 amide bonds. The molecule has 4 atom stereocenters. The minimum absolute atomic E-state index is 0.304. The van der Waals surface area contributed by atoms with Crippen molar-refractivity contribution in [2.75, 3.05) is 0 Å². The van der Waals surface area contributed by atoms with E-state index in [1.54, 1.807) is 0 Å². The summed E-state index contributed by atoms with van der Waals surface area (Å²) in [6.07, 6.45) is 7.44. The quantitative estimate of drug-likeness (QED) is 0.781. The summed E-state index contributed by atoms with van der Waals surface area (Å²) in [4.78, 5) is 0. The number of hydrazine groups is 1. The minimum atomic E-state index is 0.304. The van der Waals surface area contributed by atoms with Crippen LogP contribution in [0.25, 0.3) is 5.69 Å². The predicted molar refractivity (Wildman–Crippen MR) is 81.7 cm³/mol. The van der Waals surface area contributed by atoms with E-state index in [0.717, 1.165) is 24.9 Å². The van der Waals surface area contributed by atoms with Crippen LogP contribution in [-0.4, -0.2) is 21.9 Å². The van der Waals surface area contributed by atoms with Crippen LogP contribution in [0, 0.1) is 5.92 Å². The molecule has 1 aromatic heterocycles. The van der Waals surface area contributed by atoms with Crippen LogP contribution in [0.15, 0.2) is 42.7 Å². The van der Waals surface area contributed by atoms with Crippen LogP contribution >= 0.6 is 0 Å². The van der Waals surface area contributed by atoms with Crippen molar-refractivity contribution < 1.29 is 0 Å². The lowest BCUT2D eigenvalue weighted by Crippen LogP contribution is -2.39. The summed E-state index contributed by atoms with van der Waals surface area (Å²) in [5.74, 6) is 0.558. The normalized spacial score (nSPS) is 32.0. The maximum atomic E-state index is 6.15. The van der Waals surface area contributed by atoms with Crippen molar-refractivity contribution in [2.45, 2.75) is 37.4 Å². The maximum Gasteiger partial charge on any atom is 0.0645 e. The summed E-state index contributed by atoms with van der Waals surface area (Å²) in [5, 5.41) is 4.51. The largest absolute Gasteiger partial charge is 0.328 e. The first-order valence-corrected chi connectivity index (χ1v) is 7.68. The lowest BCUT2D eigenvalue weighted by atomic mass is 9.78. The Morgan fingerprint density at radius 2 is 2.00 bits per heavy atom. The Balaban J connectivity index is 1.58. The monoisotopic (exact) mass is 283 g/mol. The van der Waals surface area contributed by atoms with Gasteiger partial charge in [0.05, 0.1) is 17.9 Å². The Kier molecular flexibility index (Phi) is 3.25. The van der Waals surface area contributed by atoms with E-state index in [2.05, 4.69) is 34.3 Å². The van der Waals surface area contributed by atoms with Crippen molar-refractivity contribution >= 4 is 0 Å². The Hall–Kier alpha value is -1.69. The van der Waals surface area contributed by atoms with Crippen LogP contribution in [0.2, 0.25) is 0 Å². The first-order valence-electron chi connectivity index (χ1n) is 7.68. The molecule has 0 spiro atoms. The third-order valence-corrected chi connectivity index (χ3v) is 4.78. The molecular formula is C16H21N5. The second kappa shape index (κ2) is 5.26. The number of benzene rings is 1. The molecule has 2 fully saturated rings. The number of hydrogen-bond donors (Lipinski definition) is 3. The van der Waals surface area contributed by atoms with E-state index in [4.69, 9.17) is 5.73 Å². The van der Waals surface area contributed by atoms with Gasteiger partial charge < -0.3 is 5.73 Å². The number of para-hydroxylation sites is 1. The molecule has 1 saturated carbocycles. The Morgan fingerprint density at radius 1 is 1.14 bits per heavy atom. The fourth-order valence-electron chi connectivity index (χ4n) is 3.64. The van der Waals surface area contributed by atoms with E-state index in [9.17, 15) is 0 Å². The predicted octanol–water partition coefficient (Wildman–Crippen LogP) is 1.52. The van der Waals surface area contributed by atoms with Gasteiger partial charge in [-0.25, -0.2) is 10.1 Å². The van der Waals surface area contributed by atoms with Crippen LogP contribution in [0.5, 0.6) is 0 Å². The molecule has 4 unspecified atom stereocenters. The lowest BCUT2D eigenvalue weighted by molar-refractivity contribution is 0.279. The maximum absolute atomic E-state index is 6.15. The van der Waals surface area contributed by atoms with Crippen LogP contribution in [0.4, 0.5) is 0 Å². The van der Waals surface area contributed by atoms with E-state index in [1.165, 1.54) is 5.56 Å². The first-order chi connectivity index (χ1) is 10.3. The van der Waals surface area contributed by atoms with Gasteiger partial charge in [-0.05, 0) is 37.3 Å². The fourth-order valence-corrected chi connectivity index (χ4v) is 3.64. The van der Waals surface area contributed by atoms with Gasteiger partial charge in [-0.15, -0.1) is 0 Å². The highest BCUT2D eigenvalue weighted by Crippen LogP contribution is 2.37. The average molecular weight is 283 g/mol. The topological polar surface area (TPSA) is 67.9 Å². The molecule has 2 aromatic rings. The molecule has 2 heterocycles. The van der Waals surface area contributed by atoms with Crippen LogP contribution in [0.3, 0.4) is 0 Å². The summed E-state index contributed by atoms with van der Waals surface area (Å²) in [7, 11) is 0. The molecule has 5 nitrogen and oxygen atoms in total. The molecule has 1 aliphatic carbocycles. The van der Waals surface area contributed by atoms with Gasteiger partial charge in [0.2, 0.25) is 0 Å². The second-order valence-electron chi connectivity index (χ2n) is 6.16. The van der Waals surface area contributed by atoms with Crippen molar-refractivity contribution in [3.8, 4) is 5.69 Å². The molecule has 5 heteroatoms. The van der Waals surface area contributed by atoms with Crippen molar-refractivity contribution in [2.24, 2.45) is 11.7 Å². The number of hydrogen-bond acceptors (Lipinski definition) is 4. The summed E-state index contributed by atoms with van der Waals surface area (Å²) in [6.45, 7) is 0. The van der Waals surface area contributed by atoms with E-state index >= 15 is 0 Å². The van der Waals surface area contributed by atoms with Crippen LogP contribution in [0.1, 0.15) is 30.9 Å². The molecule has 0 radical (unpaired) electrons. The highest BCUT2D eigenvalue weighted by molar-refractivity contribution is 5.31. The summed E-state index contributed by atoms with van der Waals surface area (Å²) >= 11 is 0. The van der Waals surface area contributed by atoms with E-state index in [0.29, 0.717) is 24.0 Å². The third-order valence-electron chi connectivity index (χ3n) is 4.78. The smallest absolute Gasteiger partial charge is 0.0645 e. The zero-order chi connectivity index (χ0) is 14.2. The molecule has 21 heavy (non-hydrogen) atoms. The van der Waals surface area contributed by atoms with Crippen molar-refractivity contribution in [3.63, 3.8) is 0 Å².